The molecule has 0 saturated carbocycles. The van der Waals surface area contributed by atoms with Crippen LogP contribution in [0.5, 0.6) is 0 Å². The normalized spacial score (nSPS) is 21.6. The Labute approximate surface area is 110 Å². The van der Waals surface area contributed by atoms with Crippen molar-refractivity contribution in [2.24, 2.45) is 0 Å². The monoisotopic (exact) mass is 278 g/mol. The van der Waals surface area contributed by atoms with Gasteiger partial charge in [0.05, 0.1) is 11.5 Å². The summed E-state index contributed by atoms with van der Waals surface area (Å²) in [5.41, 5.74) is 1.44. The average molecular weight is 278 g/mol. The Kier molecular flexibility index (Phi) is 2.82. The van der Waals surface area contributed by atoms with Gasteiger partial charge in [0.25, 0.3) is 5.91 Å². The average Bonchev–Trinajstić information content (AvgIpc) is 2.94. The minimum atomic E-state index is -2.97. The molecule has 0 unspecified atom stereocenters. The van der Waals surface area contributed by atoms with Crippen LogP contribution in [0.15, 0.2) is 30.5 Å². The summed E-state index contributed by atoms with van der Waals surface area (Å²) in [6, 6.07) is 7.05. The topological polar surface area (TPSA) is 79.0 Å². The van der Waals surface area contributed by atoms with Crippen molar-refractivity contribution in [3.63, 3.8) is 0 Å². The molecule has 0 bridgehead atoms. The van der Waals surface area contributed by atoms with Crippen LogP contribution in [0.25, 0.3) is 10.9 Å². The lowest BCUT2D eigenvalue weighted by atomic mass is 10.1. The number of fused-ring (bicyclic) bond motifs is 1. The standard InChI is InChI=1S/C13H14N2O3S/c16-13(15-11-4-6-19(17,18)8-11)10-2-1-9-3-5-14-12(9)7-10/h1-3,5,7,11,14H,4,6,8H2,(H,15,16)/t11-/m0/s1. The van der Waals surface area contributed by atoms with E-state index in [9.17, 15) is 13.2 Å². The van der Waals surface area contributed by atoms with E-state index in [4.69, 9.17) is 0 Å². The molecule has 0 spiro atoms. The number of sulfone groups is 1. The third-order valence-corrected chi connectivity index (χ3v) is 5.15. The summed E-state index contributed by atoms with van der Waals surface area (Å²) < 4.78 is 22.7. The smallest absolute Gasteiger partial charge is 0.251 e. The van der Waals surface area contributed by atoms with Crippen molar-refractivity contribution in [3.8, 4) is 0 Å². The molecule has 1 fully saturated rings. The minimum Gasteiger partial charge on any atom is -0.361 e. The number of amides is 1. The Hall–Kier alpha value is -1.82. The predicted octanol–water partition coefficient (Wildman–Crippen LogP) is 1.08. The Balaban J connectivity index is 1.76. The van der Waals surface area contributed by atoms with Gasteiger partial charge in [-0.25, -0.2) is 8.42 Å². The van der Waals surface area contributed by atoms with Crippen molar-refractivity contribution < 1.29 is 13.2 Å². The Bertz CT molecular complexity index is 733. The first-order valence-electron chi connectivity index (χ1n) is 6.12. The van der Waals surface area contributed by atoms with E-state index in [1.807, 2.05) is 18.3 Å². The highest BCUT2D eigenvalue weighted by molar-refractivity contribution is 7.91. The van der Waals surface area contributed by atoms with Crippen molar-refractivity contribution in [2.75, 3.05) is 11.5 Å². The van der Waals surface area contributed by atoms with Crippen LogP contribution in [0.1, 0.15) is 16.8 Å². The Morgan fingerprint density at radius 1 is 1.32 bits per heavy atom. The maximum absolute atomic E-state index is 12.1. The largest absolute Gasteiger partial charge is 0.361 e. The first-order valence-corrected chi connectivity index (χ1v) is 7.94. The summed E-state index contributed by atoms with van der Waals surface area (Å²) in [5.74, 6) is -0.0181. The second kappa shape index (κ2) is 4.38. The van der Waals surface area contributed by atoms with Gasteiger partial charge in [-0.2, -0.15) is 0 Å². The summed E-state index contributed by atoms with van der Waals surface area (Å²) in [4.78, 5) is 15.1. The first kappa shape index (κ1) is 12.2. The first-order chi connectivity index (χ1) is 9.03. The van der Waals surface area contributed by atoms with Crippen LogP contribution in [0, 0.1) is 0 Å². The summed E-state index contributed by atoms with van der Waals surface area (Å²) >= 11 is 0. The molecule has 1 aliphatic heterocycles. The summed E-state index contributed by atoms with van der Waals surface area (Å²) in [6.07, 6.45) is 2.31. The molecule has 1 amide bonds. The molecule has 6 heteroatoms. The third kappa shape index (κ3) is 2.49. The molecule has 2 aromatic rings. The zero-order chi connectivity index (χ0) is 13.5. The van der Waals surface area contributed by atoms with Gasteiger partial charge >= 0.3 is 0 Å². The number of benzene rings is 1. The van der Waals surface area contributed by atoms with Gasteiger partial charge < -0.3 is 10.3 Å². The second-order valence-electron chi connectivity index (χ2n) is 4.85. The van der Waals surface area contributed by atoms with E-state index in [1.54, 1.807) is 12.1 Å². The summed E-state index contributed by atoms with van der Waals surface area (Å²) in [7, 11) is -2.97. The van der Waals surface area contributed by atoms with Crippen LogP contribution in [0.2, 0.25) is 0 Å². The Morgan fingerprint density at radius 3 is 2.89 bits per heavy atom. The molecule has 5 nitrogen and oxygen atoms in total. The van der Waals surface area contributed by atoms with Gasteiger partial charge in [-0.05, 0) is 30.0 Å². The lowest BCUT2D eigenvalue weighted by Gasteiger charge is -2.10. The van der Waals surface area contributed by atoms with E-state index in [0.717, 1.165) is 10.9 Å². The molecule has 19 heavy (non-hydrogen) atoms. The van der Waals surface area contributed by atoms with Crippen molar-refractivity contribution in [1.82, 2.24) is 10.3 Å². The molecule has 1 aromatic carbocycles. The third-order valence-electron chi connectivity index (χ3n) is 3.38. The van der Waals surface area contributed by atoms with Crippen LogP contribution in [0.3, 0.4) is 0 Å². The van der Waals surface area contributed by atoms with Crippen LogP contribution < -0.4 is 5.32 Å². The van der Waals surface area contributed by atoms with E-state index < -0.39 is 9.84 Å². The number of aromatic nitrogens is 1. The van der Waals surface area contributed by atoms with Crippen molar-refractivity contribution >= 4 is 26.6 Å². The van der Waals surface area contributed by atoms with Crippen molar-refractivity contribution in [2.45, 2.75) is 12.5 Å². The van der Waals surface area contributed by atoms with Crippen molar-refractivity contribution in [1.29, 1.82) is 0 Å². The molecule has 2 N–H and O–H groups in total. The van der Waals surface area contributed by atoms with E-state index in [-0.39, 0.29) is 23.5 Å². The fourth-order valence-electron chi connectivity index (χ4n) is 2.37. The highest BCUT2D eigenvalue weighted by Crippen LogP contribution is 2.16. The fraction of sp³-hybridized carbons (Fsp3) is 0.308. The molecule has 1 saturated heterocycles. The number of carbonyl (C=O) groups is 1. The number of rotatable bonds is 2. The quantitative estimate of drug-likeness (QED) is 0.863. The number of carbonyl (C=O) groups excluding carboxylic acids is 1. The second-order valence-corrected chi connectivity index (χ2v) is 7.08. The summed E-state index contributed by atoms with van der Waals surface area (Å²) in [5, 5.41) is 3.82. The van der Waals surface area contributed by atoms with E-state index >= 15 is 0 Å². The number of aromatic amines is 1. The number of H-pyrrole nitrogens is 1. The van der Waals surface area contributed by atoms with Gasteiger partial charge in [0.1, 0.15) is 0 Å². The lowest BCUT2D eigenvalue weighted by molar-refractivity contribution is 0.0941. The van der Waals surface area contributed by atoms with Gasteiger partial charge in [0.15, 0.2) is 9.84 Å². The van der Waals surface area contributed by atoms with E-state index in [2.05, 4.69) is 10.3 Å². The molecule has 0 radical (unpaired) electrons. The van der Waals surface area contributed by atoms with Gasteiger partial charge in [-0.3, -0.25) is 4.79 Å². The van der Waals surface area contributed by atoms with Crippen LogP contribution in [0.4, 0.5) is 0 Å². The minimum absolute atomic E-state index is 0.0451. The maximum atomic E-state index is 12.1. The molecular formula is C13H14N2O3S. The van der Waals surface area contributed by atoms with E-state index in [1.165, 1.54) is 0 Å². The molecule has 1 aromatic heterocycles. The molecule has 0 aliphatic carbocycles. The summed E-state index contributed by atoms with van der Waals surface area (Å²) in [6.45, 7) is 0. The van der Waals surface area contributed by atoms with Gasteiger partial charge in [-0.1, -0.05) is 6.07 Å². The zero-order valence-corrected chi connectivity index (χ0v) is 11.0. The molecule has 2 heterocycles. The number of hydrogen-bond acceptors (Lipinski definition) is 3. The Morgan fingerprint density at radius 2 is 2.16 bits per heavy atom. The molecule has 1 aliphatic rings. The van der Waals surface area contributed by atoms with Crippen molar-refractivity contribution in [3.05, 3.63) is 36.0 Å². The number of nitrogens with one attached hydrogen (secondary N) is 2. The highest BCUT2D eigenvalue weighted by atomic mass is 32.2. The molecule has 100 valence electrons. The zero-order valence-electron chi connectivity index (χ0n) is 10.2. The molecule has 3 rings (SSSR count). The number of hydrogen-bond donors (Lipinski definition) is 2. The van der Waals surface area contributed by atoms with Gasteiger partial charge in [-0.15, -0.1) is 0 Å². The fourth-order valence-corrected chi connectivity index (χ4v) is 4.04. The van der Waals surface area contributed by atoms with Gasteiger partial charge in [0.2, 0.25) is 0 Å². The maximum Gasteiger partial charge on any atom is 0.251 e. The van der Waals surface area contributed by atoms with E-state index in [0.29, 0.717) is 12.0 Å². The van der Waals surface area contributed by atoms with Gasteiger partial charge in [0, 0.05) is 23.3 Å². The van der Waals surface area contributed by atoms with Crippen LogP contribution >= 0.6 is 0 Å². The molecular weight excluding hydrogens is 264 g/mol. The highest BCUT2D eigenvalue weighted by Gasteiger charge is 2.29. The van der Waals surface area contributed by atoms with Crippen LogP contribution in [-0.4, -0.2) is 36.9 Å². The van der Waals surface area contributed by atoms with Crippen LogP contribution in [-0.2, 0) is 9.84 Å². The lowest BCUT2D eigenvalue weighted by Crippen LogP contribution is -2.35. The SMILES string of the molecule is O=C(N[C@H]1CCS(=O)(=O)C1)c1ccc2cc[nH]c2c1. The predicted molar refractivity (Wildman–Crippen MR) is 72.8 cm³/mol. The molecule has 1 atom stereocenters.